The minimum atomic E-state index is -0.523. The standard InChI is InChI=1S/C19H17N5.C3H4ClNO/c20-18-17-16(13-9-12-5-1-2-6-14(12)21-10-13)15-7-3-4-8-24(15)19(17)23-11-22-18;4-2-1-3(5)6/h1-2,5-6,9-11H,3-4,7-8H2,(H2,20,22,23);1-2H,(H2,5,6)/b;2-1+. The summed E-state index contributed by atoms with van der Waals surface area (Å²) in [4.78, 5) is 23.0. The number of hydrogen-bond acceptors (Lipinski definition) is 5. The van der Waals surface area contributed by atoms with Gasteiger partial charge >= 0.3 is 0 Å². The summed E-state index contributed by atoms with van der Waals surface area (Å²) in [7, 11) is 0. The Balaban J connectivity index is 0.000000322. The van der Waals surface area contributed by atoms with Crippen LogP contribution in [0.5, 0.6) is 0 Å². The largest absolute Gasteiger partial charge is 0.383 e. The molecular formula is C22H21ClN6O. The second-order valence-corrected chi connectivity index (χ2v) is 7.25. The Morgan fingerprint density at radius 3 is 2.77 bits per heavy atom. The van der Waals surface area contributed by atoms with E-state index in [1.54, 1.807) is 6.33 Å². The summed E-state index contributed by atoms with van der Waals surface area (Å²) in [5.41, 5.74) is 17.4. The first-order valence-corrected chi connectivity index (χ1v) is 10.1. The lowest BCUT2D eigenvalue weighted by molar-refractivity contribution is -0.113. The van der Waals surface area contributed by atoms with Gasteiger partial charge < -0.3 is 16.0 Å². The number of halogens is 1. The summed E-state index contributed by atoms with van der Waals surface area (Å²) < 4.78 is 2.31. The molecule has 152 valence electrons. The number of amides is 1. The summed E-state index contributed by atoms with van der Waals surface area (Å²) in [5, 5.41) is 2.10. The lowest BCUT2D eigenvalue weighted by atomic mass is 9.99. The van der Waals surface area contributed by atoms with Gasteiger partial charge in [-0.3, -0.25) is 9.78 Å². The maximum atomic E-state index is 9.65. The van der Waals surface area contributed by atoms with Gasteiger partial charge in [0.25, 0.3) is 0 Å². The second-order valence-electron chi connectivity index (χ2n) is 7.00. The Morgan fingerprint density at radius 1 is 1.17 bits per heavy atom. The fourth-order valence-corrected chi connectivity index (χ4v) is 4.01. The number of aryl methyl sites for hydroxylation is 1. The van der Waals surface area contributed by atoms with E-state index in [0.29, 0.717) is 5.82 Å². The van der Waals surface area contributed by atoms with Crippen LogP contribution in [0.1, 0.15) is 18.5 Å². The van der Waals surface area contributed by atoms with Crippen molar-refractivity contribution in [3.8, 4) is 11.1 Å². The van der Waals surface area contributed by atoms with E-state index in [0.717, 1.165) is 57.6 Å². The lowest BCUT2D eigenvalue weighted by Gasteiger charge is -2.16. The summed E-state index contributed by atoms with van der Waals surface area (Å²) >= 11 is 4.92. The summed E-state index contributed by atoms with van der Waals surface area (Å²) in [5.74, 6) is 0.0232. The molecule has 5 rings (SSSR count). The van der Waals surface area contributed by atoms with Gasteiger partial charge in [-0.2, -0.15) is 0 Å². The molecule has 0 saturated heterocycles. The van der Waals surface area contributed by atoms with Crippen LogP contribution < -0.4 is 11.5 Å². The zero-order valence-corrected chi connectivity index (χ0v) is 17.0. The number of pyridine rings is 1. The Kier molecular flexibility index (Phi) is 5.63. The first-order chi connectivity index (χ1) is 14.6. The predicted octanol–water partition coefficient (Wildman–Crippen LogP) is 3.79. The van der Waals surface area contributed by atoms with Gasteiger partial charge in [-0.1, -0.05) is 29.8 Å². The van der Waals surface area contributed by atoms with Gasteiger partial charge in [0.1, 0.15) is 17.8 Å². The Bertz CT molecular complexity index is 1260. The van der Waals surface area contributed by atoms with E-state index < -0.39 is 5.91 Å². The van der Waals surface area contributed by atoms with Crippen LogP contribution in [0.4, 0.5) is 5.82 Å². The number of nitrogens with zero attached hydrogens (tertiary/aromatic N) is 4. The summed E-state index contributed by atoms with van der Waals surface area (Å²) in [6.45, 7) is 0.989. The van der Waals surface area contributed by atoms with Gasteiger partial charge in [0.15, 0.2) is 0 Å². The van der Waals surface area contributed by atoms with Crippen molar-refractivity contribution in [3.63, 3.8) is 0 Å². The topological polar surface area (TPSA) is 113 Å². The van der Waals surface area contributed by atoms with E-state index in [9.17, 15) is 4.79 Å². The Hall–Kier alpha value is -3.45. The van der Waals surface area contributed by atoms with Crippen LogP contribution in [0.2, 0.25) is 0 Å². The van der Waals surface area contributed by atoms with Crippen molar-refractivity contribution in [2.75, 3.05) is 5.73 Å². The van der Waals surface area contributed by atoms with Crippen molar-refractivity contribution in [2.24, 2.45) is 5.73 Å². The SMILES string of the molecule is NC(=O)/C=C/Cl.Nc1ncnc2c1c(-c1cnc3ccccc3c1)c1n2CCCC1. The third-order valence-electron chi connectivity index (χ3n) is 5.13. The van der Waals surface area contributed by atoms with Crippen LogP contribution in [-0.4, -0.2) is 25.4 Å². The summed E-state index contributed by atoms with van der Waals surface area (Å²) in [6.07, 6.45) is 7.98. The number of nitrogens with two attached hydrogens (primary N) is 2. The molecule has 1 aliphatic heterocycles. The molecule has 4 aromatic rings. The Labute approximate surface area is 178 Å². The number of primary amides is 1. The molecule has 1 amide bonds. The van der Waals surface area contributed by atoms with Crippen LogP contribution in [0.3, 0.4) is 0 Å². The molecule has 1 aliphatic rings. The molecular weight excluding hydrogens is 400 g/mol. The van der Waals surface area contributed by atoms with Gasteiger partial charge in [0.2, 0.25) is 5.91 Å². The van der Waals surface area contributed by atoms with Gasteiger partial charge in [-0.25, -0.2) is 9.97 Å². The number of benzene rings is 1. The maximum absolute atomic E-state index is 9.65. The highest BCUT2D eigenvalue weighted by atomic mass is 35.5. The zero-order chi connectivity index (χ0) is 21.1. The van der Waals surface area contributed by atoms with Crippen molar-refractivity contribution in [3.05, 3.63) is 60.2 Å². The molecule has 3 aromatic heterocycles. The first-order valence-electron chi connectivity index (χ1n) is 9.63. The highest BCUT2D eigenvalue weighted by Gasteiger charge is 2.24. The molecule has 4 heterocycles. The van der Waals surface area contributed by atoms with E-state index in [1.165, 1.54) is 18.5 Å². The molecule has 0 aliphatic carbocycles. The molecule has 30 heavy (non-hydrogen) atoms. The number of nitrogen functional groups attached to an aromatic ring is 1. The van der Waals surface area contributed by atoms with Gasteiger partial charge in [0, 0.05) is 46.6 Å². The van der Waals surface area contributed by atoms with E-state index in [2.05, 4.69) is 37.4 Å². The second kappa shape index (κ2) is 8.51. The van der Waals surface area contributed by atoms with Crippen LogP contribution in [0, 0.1) is 0 Å². The minimum Gasteiger partial charge on any atom is -0.383 e. The normalized spacial score (nSPS) is 13.2. The first kappa shape index (κ1) is 19.8. The molecule has 0 bridgehead atoms. The lowest BCUT2D eigenvalue weighted by Crippen LogP contribution is -2.10. The van der Waals surface area contributed by atoms with E-state index in [1.807, 2.05) is 24.4 Å². The van der Waals surface area contributed by atoms with Gasteiger partial charge in [0.05, 0.1) is 10.9 Å². The van der Waals surface area contributed by atoms with Crippen LogP contribution >= 0.6 is 11.6 Å². The quantitative estimate of drug-likeness (QED) is 0.479. The highest BCUT2D eigenvalue weighted by molar-refractivity contribution is 6.26. The molecule has 4 N–H and O–H groups in total. The number of carbonyl (C=O) groups is 1. The average Bonchev–Trinajstić information content (AvgIpc) is 3.10. The number of carbonyl (C=O) groups excluding carboxylic acids is 1. The van der Waals surface area contributed by atoms with Crippen molar-refractivity contribution in [1.29, 1.82) is 0 Å². The smallest absolute Gasteiger partial charge is 0.242 e. The number of anilines is 1. The highest BCUT2D eigenvalue weighted by Crippen LogP contribution is 2.39. The fourth-order valence-electron chi connectivity index (χ4n) is 3.88. The van der Waals surface area contributed by atoms with E-state index >= 15 is 0 Å². The molecule has 1 aromatic carbocycles. The molecule has 0 saturated carbocycles. The molecule has 0 unspecified atom stereocenters. The fraction of sp³-hybridized carbons (Fsp3) is 0.182. The molecule has 0 radical (unpaired) electrons. The third-order valence-corrected chi connectivity index (χ3v) is 5.25. The average molecular weight is 421 g/mol. The Morgan fingerprint density at radius 2 is 2.00 bits per heavy atom. The monoisotopic (exact) mass is 420 g/mol. The molecule has 7 nitrogen and oxygen atoms in total. The van der Waals surface area contributed by atoms with Crippen molar-refractivity contribution >= 4 is 45.3 Å². The van der Waals surface area contributed by atoms with Crippen molar-refractivity contribution in [2.45, 2.75) is 25.8 Å². The van der Waals surface area contributed by atoms with Crippen LogP contribution in [0.15, 0.2) is 54.5 Å². The number of hydrogen-bond donors (Lipinski definition) is 2. The molecule has 0 atom stereocenters. The number of rotatable bonds is 2. The summed E-state index contributed by atoms with van der Waals surface area (Å²) in [6, 6.07) is 10.4. The number of para-hydroxylation sites is 1. The zero-order valence-electron chi connectivity index (χ0n) is 16.3. The number of aromatic nitrogens is 4. The van der Waals surface area contributed by atoms with Gasteiger partial charge in [-0.05, 0) is 31.4 Å². The molecule has 0 spiro atoms. The van der Waals surface area contributed by atoms with Crippen LogP contribution in [-0.2, 0) is 17.8 Å². The van der Waals surface area contributed by atoms with E-state index in [4.69, 9.17) is 17.3 Å². The van der Waals surface area contributed by atoms with Gasteiger partial charge in [-0.15, -0.1) is 0 Å². The molecule has 8 heteroatoms. The van der Waals surface area contributed by atoms with Crippen LogP contribution in [0.25, 0.3) is 33.1 Å². The van der Waals surface area contributed by atoms with E-state index in [-0.39, 0.29) is 0 Å². The third kappa shape index (κ3) is 3.71. The maximum Gasteiger partial charge on any atom is 0.242 e. The molecule has 0 fully saturated rings. The van der Waals surface area contributed by atoms with Crippen molar-refractivity contribution < 1.29 is 4.79 Å². The number of fused-ring (bicyclic) bond motifs is 4. The predicted molar refractivity (Wildman–Crippen MR) is 120 cm³/mol. The van der Waals surface area contributed by atoms with Crippen molar-refractivity contribution in [1.82, 2.24) is 19.5 Å². The minimum absolute atomic E-state index is 0.523.